The maximum atomic E-state index is 12.9. The molecule has 5 rings (SSSR count). The quantitative estimate of drug-likeness (QED) is 0.286. The zero-order valence-electron chi connectivity index (χ0n) is 22.2. The first-order chi connectivity index (χ1) is 18.3. The predicted octanol–water partition coefficient (Wildman–Crippen LogP) is 6.11. The van der Waals surface area contributed by atoms with Gasteiger partial charge in [-0.15, -0.1) is 0 Å². The van der Waals surface area contributed by atoms with Gasteiger partial charge in [-0.25, -0.2) is 0 Å². The molecule has 0 unspecified atom stereocenters. The van der Waals surface area contributed by atoms with E-state index in [4.69, 9.17) is 12.2 Å². The molecule has 1 aliphatic rings. The van der Waals surface area contributed by atoms with Gasteiger partial charge in [0.15, 0.2) is 5.11 Å². The number of aryl methyl sites for hydroxylation is 3. The van der Waals surface area contributed by atoms with Crippen molar-refractivity contribution < 1.29 is 4.79 Å². The van der Waals surface area contributed by atoms with Gasteiger partial charge in [-0.3, -0.25) is 9.78 Å². The fraction of sp³-hybridized carbons (Fsp3) is 0.258. The van der Waals surface area contributed by atoms with Crippen molar-refractivity contribution in [1.29, 1.82) is 0 Å². The summed E-state index contributed by atoms with van der Waals surface area (Å²) in [6.45, 7) is 8.87. The van der Waals surface area contributed by atoms with Crippen molar-refractivity contribution in [1.82, 2.24) is 19.8 Å². The Morgan fingerprint density at radius 3 is 2.45 bits per heavy atom. The van der Waals surface area contributed by atoms with Gasteiger partial charge in [0.25, 0.3) is 0 Å². The van der Waals surface area contributed by atoms with Crippen molar-refractivity contribution in [2.45, 2.75) is 46.2 Å². The Labute approximate surface area is 229 Å². The van der Waals surface area contributed by atoms with E-state index in [1.807, 2.05) is 55.6 Å². The average Bonchev–Trinajstić information content (AvgIpc) is 3.39. The van der Waals surface area contributed by atoms with Gasteiger partial charge >= 0.3 is 0 Å². The third-order valence-electron chi connectivity index (χ3n) is 7.28. The largest absolute Gasteiger partial charge is 0.352 e. The Kier molecular flexibility index (Phi) is 7.29. The first-order valence-electron chi connectivity index (χ1n) is 12.9. The third-order valence-corrected chi connectivity index (χ3v) is 7.63. The molecule has 2 aromatic carbocycles. The maximum absolute atomic E-state index is 12.9. The van der Waals surface area contributed by atoms with Crippen molar-refractivity contribution in [3.05, 3.63) is 113 Å². The number of hydrogen-bond acceptors (Lipinski definition) is 3. The molecule has 3 heterocycles. The molecular weight excluding hydrogens is 490 g/mol. The summed E-state index contributed by atoms with van der Waals surface area (Å²) < 4.78 is 2.29. The van der Waals surface area contributed by atoms with Crippen LogP contribution in [0.25, 0.3) is 5.69 Å². The molecule has 6 nitrogen and oxygen atoms in total. The van der Waals surface area contributed by atoms with Crippen LogP contribution in [-0.4, -0.2) is 32.0 Å². The van der Waals surface area contributed by atoms with E-state index in [1.54, 1.807) is 0 Å². The number of hydrogen-bond donors (Lipinski definition) is 2. The van der Waals surface area contributed by atoms with Crippen LogP contribution in [0.3, 0.4) is 0 Å². The lowest BCUT2D eigenvalue weighted by Crippen LogP contribution is -2.33. The highest BCUT2D eigenvalue weighted by Crippen LogP contribution is 2.41. The molecule has 2 atom stereocenters. The number of nitrogens with one attached hydrogen (secondary N) is 2. The number of carbonyl (C=O) groups excluding carboxylic acids is 1. The fourth-order valence-corrected chi connectivity index (χ4v) is 5.64. The van der Waals surface area contributed by atoms with Crippen LogP contribution in [0.2, 0.25) is 0 Å². The molecule has 38 heavy (non-hydrogen) atoms. The lowest BCUT2D eigenvalue weighted by Gasteiger charge is -2.28. The minimum atomic E-state index is -0.130. The highest BCUT2D eigenvalue weighted by molar-refractivity contribution is 7.80. The number of thiocarbonyl (C=S) groups is 1. The number of para-hydroxylation sites is 1. The van der Waals surface area contributed by atoms with Gasteiger partial charge in [0.05, 0.1) is 17.8 Å². The zero-order chi connectivity index (χ0) is 26.8. The summed E-state index contributed by atoms with van der Waals surface area (Å²) in [4.78, 5) is 19.7. The topological polar surface area (TPSA) is 62.2 Å². The van der Waals surface area contributed by atoms with E-state index in [-0.39, 0.29) is 18.0 Å². The second kappa shape index (κ2) is 10.8. The molecule has 4 aromatic rings. The summed E-state index contributed by atoms with van der Waals surface area (Å²) in [6, 6.07) is 24.3. The lowest BCUT2D eigenvalue weighted by atomic mass is 9.96. The molecule has 0 bridgehead atoms. The molecule has 0 radical (unpaired) electrons. The number of pyridine rings is 1. The molecule has 1 fully saturated rings. The number of nitrogens with zero attached hydrogens (tertiary/aromatic N) is 3. The Balaban J connectivity index is 1.47. The molecule has 0 spiro atoms. The molecule has 2 aromatic heterocycles. The van der Waals surface area contributed by atoms with E-state index in [9.17, 15) is 4.79 Å². The van der Waals surface area contributed by atoms with Crippen LogP contribution in [0.4, 0.5) is 5.69 Å². The summed E-state index contributed by atoms with van der Waals surface area (Å²) in [5, 5.41) is 7.19. The first kappa shape index (κ1) is 25.7. The highest BCUT2D eigenvalue weighted by atomic mass is 32.1. The SMILES string of the molecule is Cc1ccc(-n2c(C)cc([C@H]3[C@@H](c4ccccn4)NC(=S)N3CCC(=O)Nc3ccccc3C)c2C)cc1. The monoisotopic (exact) mass is 523 g/mol. The van der Waals surface area contributed by atoms with Crippen LogP contribution in [0.15, 0.2) is 79.0 Å². The zero-order valence-corrected chi connectivity index (χ0v) is 23.0. The van der Waals surface area contributed by atoms with Crippen LogP contribution in [0.1, 0.15) is 52.3 Å². The van der Waals surface area contributed by atoms with Crippen LogP contribution >= 0.6 is 12.2 Å². The van der Waals surface area contributed by atoms with E-state index < -0.39 is 0 Å². The molecule has 7 heteroatoms. The van der Waals surface area contributed by atoms with Gasteiger partial charge in [0.1, 0.15) is 0 Å². The first-order valence-corrected chi connectivity index (χ1v) is 13.3. The fourth-order valence-electron chi connectivity index (χ4n) is 5.31. The summed E-state index contributed by atoms with van der Waals surface area (Å²) in [5.74, 6) is -0.0349. The summed E-state index contributed by atoms with van der Waals surface area (Å²) in [7, 11) is 0. The molecule has 0 saturated carbocycles. The van der Waals surface area contributed by atoms with Crippen LogP contribution < -0.4 is 10.6 Å². The Hall–Kier alpha value is -3.97. The van der Waals surface area contributed by atoms with E-state index in [0.717, 1.165) is 34.0 Å². The van der Waals surface area contributed by atoms with Gasteiger partial charge < -0.3 is 20.1 Å². The van der Waals surface area contributed by atoms with Gasteiger partial charge in [-0.1, -0.05) is 42.0 Å². The number of carbonyl (C=O) groups is 1. The van der Waals surface area contributed by atoms with Gasteiger partial charge in [0.2, 0.25) is 5.91 Å². The lowest BCUT2D eigenvalue weighted by molar-refractivity contribution is -0.116. The predicted molar refractivity (Wildman–Crippen MR) is 157 cm³/mol. The molecule has 1 saturated heterocycles. The third kappa shape index (κ3) is 5.07. The maximum Gasteiger partial charge on any atom is 0.226 e. The standard InChI is InChI=1S/C31H33N5OS/c1-20-12-14-24(15-13-20)36-22(3)19-25(23(36)4)30-29(27-11-7-8-17-32-27)34-31(38)35(30)18-16-28(37)33-26-10-6-5-9-21(26)2/h5-15,17,19,29-30H,16,18H2,1-4H3,(H,33,37)(H,34,38)/t29-,30+/m1/s1. The second-order valence-corrected chi connectivity index (χ2v) is 10.3. The van der Waals surface area contributed by atoms with Crippen LogP contribution in [-0.2, 0) is 4.79 Å². The second-order valence-electron chi connectivity index (χ2n) is 9.93. The van der Waals surface area contributed by atoms with Crippen LogP contribution in [0.5, 0.6) is 0 Å². The van der Waals surface area contributed by atoms with Crippen molar-refractivity contribution in [2.75, 3.05) is 11.9 Å². The van der Waals surface area contributed by atoms with Crippen LogP contribution in [0, 0.1) is 27.7 Å². The Morgan fingerprint density at radius 1 is 1.00 bits per heavy atom. The van der Waals surface area contributed by atoms with Crippen molar-refractivity contribution in [3.63, 3.8) is 0 Å². The molecule has 0 aliphatic carbocycles. The molecule has 1 aliphatic heterocycles. The van der Waals surface area contributed by atoms with Crippen molar-refractivity contribution in [2.24, 2.45) is 0 Å². The molecule has 1 amide bonds. The summed E-state index contributed by atoms with van der Waals surface area (Å²) >= 11 is 5.84. The van der Waals surface area contributed by atoms with E-state index in [0.29, 0.717) is 18.1 Å². The highest BCUT2D eigenvalue weighted by Gasteiger charge is 2.41. The van der Waals surface area contributed by atoms with Gasteiger partial charge in [0, 0.05) is 41.9 Å². The number of aromatic nitrogens is 2. The smallest absolute Gasteiger partial charge is 0.226 e. The summed E-state index contributed by atoms with van der Waals surface area (Å²) in [5.41, 5.74) is 8.63. The minimum Gasteiger partial charge on any atom is -0.352 e. The number of anilines is 1. The van der Waals surface area contributed by atoms with Gasteiger partial charge in [-0.2, -0.15) is 0 Å². The van der Waals surface area contributed by atoms with Gasteiger partial charge in [-0.05, 0) is 87.4 Å². The summed E-state index contributed by atoms with van der Waals surface area (Å²) in [6.07, 6.45) is 2.13. The van der Waals surface area contributed by atoms with E-state index >= 15 is 0 Å². The van der Waals surface area contributed by atoms with Crippen molar-refractivity contribution >= 4 is 28.9 Å². The van der Waals surface area contributed by atoms with E-state index in [1.165, 1.54) is 11.1 Å². The molecular formula is C31H33N5OS. The molecule has 2 N–H and O–H groups in total. The van der Waals surface area contributed by atoms with E-state index in [2.05, 4.69) is 76.2 Å². The Morgan fingerprint density at radius 2 is 1.74 bits per heavy atom. The minimum absolute atomic E-state index is 0.0349. The van der Waals surface area contributed by atoms with Crippen molar-refractivity contribution in [3.8, 4) is 5.69 Å². The number of amides is 1. The average molecular weight is 524 g/mol. The number of benzene rings is 2. The number of rotatable bonds is 7. The normalized spacial score (nSPS) is 16.9. The molecule has 194 valence electrons. The Bertz CT molecular complexity index is 1460.